The van der Waals surface area contributed by atoms with Crippen molar-refractivity contribution in [2.45, 2.75) is 38.1 Å². The van der Waals surface area contributed by atoms with Crippen LogP contribution in [0.3, 0.4) is 0 Å². The van der Waals surface area contributed by atoms with Gasteiger partial charge in [0.1, 0.15) is 11.9 Å². The van der Waals surface area contributed by atoms with E-state index in [9.17, 15) is 5.11 Å². The number of aliphatic imine (C=N–C) groups is 1. The molecule has 3 unspecified atom stereocenters. The van der Waals surface area contributed by atoms with Crippen LogP contribution in [0, 0.1) is 0 Å². The predicted octanol–water partition coefficient (Wildman–Crippen LogP) is 1.57. The molecule has 1 aromatic carbocycles. The van der Waals surface area contributed by atoms with Crippen molar-refractivity contribution in [2.24, 2.45) is 4.99 Å². The zero-order valence-corrected chi connectivity index (χ0v) is 16.3. The Morgan fingerprint density at radius 2 is 2.07 bits per heavy atom. The first-order valence-electron chi connectivity index (χ1n) is 9.79. The third-order valence-corrected chi connectivity index (χ3v) is 5.02. The Hall–Kier alpha value is -1.83. The van der Waals surface area contributed by atoms with Crippen molar-refractivity contribution < 1.29 is 19.3 Å². The lowest BCUT2D eigenvalue weighted by Crippen LogP contribution is -2.53. The maximum Gasteiger partial charge on any atom is 0.194 e. The third kappa shape index (κ3) is 5.34. The minimum absolute atomic E-state index is 0.0802. The number of nitrogens with one attached hydrogen (secondary N) is 1. The van der Waals surface area contributed by atoms with Gasteiger partial charge in [-0.2, -0.15) is 0 Å². The van der Waals surface area contributed by atoms with Crippen LogP contribution in [0.4, 0.5) is 0 Å². The van der Waals surface area contributed by atoms with Crippen molar-refractivity contribution in [1.82, 2.24) is 10.2 Å². The molecule has 0 aliphatic carbocycles. The van der Waals surface area contributed by atoms with E-state index in [1.165, 1.54) is 0 Å². The summed E-state index contributed by atoms with van der Waals surface area (Å²) >= 11 is 0. The topological polar surface area (TPSA) is 75.6 Å². The van der Waals surface area contributed by atoms with E-state index >= 15 is 0 Å². The van der Waals surface area contributed by atoms with Crippen LogP contribution < -0.4 is 10.1 Å². The summed E-state index contributed by atoms with van der Waals surface area (Å²) in [5.74, 6) is 1.59. The molecule has 2 fully saturated rings. The zero-order chi connectivity index (χ0) is 19.1. The van der Waals surface area contributed by atoms with Gasteiger partial charge in [-0.1, -0.05) is 12.1 Å². The van der Waals surface area contributed by atoms with E-state index in [0.717, 1.165) is 56.4 Å². The van der Waals surface area contributed by atoms with Crippen LogP contribution in [-0.2, 0) is 9.47 Å². The van der Waals surface area contributed by atoms with Gasteiger partial charge >= 0.3 is 0 Å². The molecule has 2 N–H and O–H groups in total. The van der Waals surface area contributed by atoms with E-state index in [2.05, 4.69) is 15.2 Å². The SMILES string of the molecule is CCNC(=NCC(O)c1ccc(OC)cc1)N1CCOC(C2CCCO2)C1. The van der Waals surface area contributed by atoms with Gasteiger partial charge in [0.05, 0.1) is 32.5 Å². The monoisotopic (exact) mass is 377 g/mol. The Kier molecular flexibility index (Phi) is 7.32. The number of guanidine groups is 1. The number of ether oxygens (including phenoxy) is 3. The van der Waals surface area contributed by atoms with Gasteiger partial charge in [0.15, 0.2) is 5.96 Å². The molecule has 0 bridgehead atoms. The molecule has 0 radical (unpaired) electrons. The van der Waals surface area contributed by atoms with Gasteiger partial charge in [0.2, 0.25) is 0 Å². The Balaban J connectivity index is 1.62. The zero-order valence-electron chi connectivity index (χ0n) is 16.3. The molecule has 3 rings (SSSR count). The molecule has 0 amide bonds. The molecule has 2 heterocycles. The molecule has 2 aliphatic heterocycles. The lowest BCUT2D eigenvalue weighted by molar-refractivity contribution is -0.0817. The summed E-state index contributed by atoms with van der Waals surface area (Å²) in [7, 11) is 1.63. The fraction of sp³-hybridized carbons (Fsp3) is 0.650. The number of benzene rings is 1. The van der Waals surface area contributed by atoms with E-state index in [-0.39, 0.29) is 12.2 Å². The quantitative estimate of drug-likeness (QED) is 0.579. The molecule has 7 nitrogen and oxygen atoms in total. The lowest BCUT2D eigenvalue weighted by atomic mass is 10.1. The van der Waals surface area contributed by atoms with Crippen LogP contribution in [0.25, 0.3) is 0 Å². The lowest BCUT2D eigenvalue weighted by Gasteiger charge is -2.37. The largest absolute Gasteiger partial charge is 0.497 e. The molecule has 27 heavy (non-hydrogen) atoms. The van der Waals surface area contributed by atoms with Gasteiger partial charge in [-0.25, -0.2) is 0 Å². The van der Waals surface area contributed by atoms with Crippen molar-refractivity contribution >= 4 is 5.96 Å². The highest BCUT2D eigenvalue weighted by Crippen LogP contribution is 2.21. The molecule has 0 saturated carbocycles. The van der Waals surface area contributed by atoms with Gasteiger partial charge in [0.25, 0.3) is 0 Å². The van der Waals surface area contributed by atoms with E-state index in [1.807, 2.05) is 31.2 Å². The number of morpholine rings is 1. The Morgan fingerprint density at radius 3 is 2.74 bits per heavy atom. The molecule has 2 aliphatic rings. The molecular weight excluding hydrogens is 346 g/mol. The average Bonchev–Trinajstić information content (AvgIpc) is 3.26. The van der Waals surface area contributed by atoms with Crippen molar-refractivity contribution in [1.29, 1.82) is 0 Å². The molecule has 0 aromatic heterocycles. The molecule has 3 atom stereocenters. The number of rotatable bonds is 6. The predicted molar refractivity (Wildman–Crippen MR) is 104 cm³/mol. The second-order valence-corrected chi connectivity index (χ2v) is 6.89. The maximum absolute atomic E-state index is 10.5. The Morgan fingerprint density at radius 1 is 1.30 bits per heavy atom. The smallest absolute Gasteiger partial charge is 0.194 e. The van der Waals surface area contributed by atoms with Crippen LogP contribution in [0.2, 0.25) is 0 Å². The summed E-state index contributed by atoms with van der Waals surface area (Å²) < 4.78 is 16.9. The van der Waals surface area contributed by atoms with E-state index in [0.29, 0.717) is 13.2 Å². The van der Waals surface area contributed by atoms with E-state index in [4.69, 9.17) is 14.2 Å². The van der Waals surface area contributed by atoms with Gasteiger partial charge < -0.3 is 29.5 Å². The normalized spacial score (nSPS) is 24.7. The summed E-state index contributed by atoms with van der Waals surface area (Å²) in [4.78, 5) is 6.88. The minimum atomic E-state index is -0.653. The number of hydrogen-bond acceptors (Lipinski definition) is 5. The van der Waals surface area contributed by atoms with Gasteiger partial charge in [-0.15, -0.1) is 0 Å². The summed E-state index contributed by atoms with van der Waals surface area (Å²) in [6.45, 7) is 6.16. The maximum atomic E-state index is 10.5. The van der Waals surface area contributed by atoms with Crippen molar-refractivity contribution in [3.63, 3.8) is 0 Å². The first-order chi connectivity index (χ1) is 13.2. The number of hydrogen-bond donors (Lipinski definition) is 2. The van der Waals surface area contributed by atoms with Crippen molar-refractivity contribution in [2.75, 3.05) is 46.5 Å². The highest BCUT2D eigenvalue weighted by atomic mass is 16.5. The Bertz CT molecular complexity index is 602. The highest BCUT2D eigenvalue weighted by Gasteiger charge is 2.32. The number of methoxy groups -OCH3 is 1. The standard InChI is InChI=1S/C20H31N3O4/c1-3-21-20(22-13-17(24)15-6-8-16(25-2)9-7-15)23-10-12-27-19(14-23)18-5-4-11-26-18/h6-9,17-19,24H,3-5,10-14H2,1-2H3,(H,21,22). The molecule has 1 aromatic rings. The van der Waals surface area contributed by atoms with E-state index < -0.39 is 6.10 Å². The molecule has 150 valence electrons. The van der Waals surface area contributed by atoms with Crippen LogP contribution in [0.5, 0.6) is 5.75 Å². The van der Waals surface area contributed by atoms with Crippen LogP contribution in [0.15, 0.2) is 29.3 Å². The summed E-state index contributed by atoms with van der Waals surface area (Å²) in [6, 6.07) is 7.44. The molecule has 2 saturated heterocycles. The Labute approximate surface area is 161 Å². The summed E-state index contributed by atoms with van der Waals surface area (Å²) in [5, 5.41) is 13.8. The van der Waals surface area contributed by atoms with Crippen LogP contribution >= 0.6 is 0 Å². The average molecular weight is 377 g/mol. The summed E-state index contributed by atoms with van der Waals surface area (Å²) in [6.07, 6.45) is 1.77. The van der Waals surface area contributed by atoms with Gasteiger partial charge in [0, 0.05) is 26.2 Å². The van der Waals surface area contributed by atoms with Crippen LogP contribution in [0.1, 0.15) is 31.4 Å². The number of aliphatic hydroxyl groups is 1. The number of aliphatic hydroxyl groups excluding tert-OH is 1. The summed E-state index contributed by atoms with van der Waals surface area (Å²) in [5.41, 5.74) is 0.828. The second-order valence-electron chi connectivity index (χ2n) is 6.89. The first-order valence-corrected chi connectivity index (χ1v) is 9.79. The van der Waals surface area contributed by atoms with Gasteiger partial charge in [-0.05, 0) is 37.5 Å². The first kappa shape index (κ1) is 19.9. The van der Waals surface area contributed by atoms with E-state index in [1.54, 1.807) is 7.11 Å². The van der Waals surface area contributed by atoms with Crippen LogP contribution in [-0.4, -0.2) is 74.7 Å². The minimum Gasteiger partial charge on any atom is -0.497 e. The van der Waals surface area contributed by atoms with Crippen molar-refractivity contribution in [3.05, 3.63) is 29.8 Å². The highest BCUT2D eigenvalue weighted by molar-refractivity contribution is 5.80. The third-order valence-electron chi connectivity index (χ3n) is 5.02. The molecule has 7 heteroatoms. The fourth-order valence-electron chi connectivity index (χ4n) is 3.52. The van der Waals surface area contributed by atoms with Gasteiger partial charge in [-0.3, -0.25) is 4.99 Å². The fourth-order valence-corrected chi connectivity index (χ4v) is 3.52. The number of nitrogens with zero attached hydrogens (tertiary/aromatic N) is 2. The van der Waals surface area contributed by atoms with Crippen molar-refractivity contribution in [3.8, 4) is 5.75 Å². The second kappa shape index (κ2) is 9.92. The molecule has 0 spiro atoms. The molecular formula is C20H31N3O4.